The predicted molar refractivity (Wildman–Crippen MR) is 103 cm³/mol. The second-order valence-corrected chi connectivity index (χ2v) is 5.76. The third-order valence-corrected chi connectivity index (χ3v) is 3.95. The number of amides is 1. The first-order valence-electron chi connectivity index (χ1n) is 8.25. The third-order valence-electron chi connectivity index (χ3n) is 3.95. The highest BCUT2D eigenvalue weighted by Crippen LogP contribution is 2.20. The molecule has 0 aliphatic heterocycles. The van der Waals surface area contributed by atoms with E-state index in [1.165, 1.54) is 0 Å². The van der Waals surface area contributed by atoms with Crippen molar-refractivity contribution in [3.63, 3.8) is 0 Å². The van der Waals surface area contributed by atoms with Crippen LogP contribution in [-0.4, -0.2) is 25.3 Å². The van der Waals surface area contributed by atoms with Gasteiger partial charge in [0, 0.05) is 0 Å². The van der Waals surface area contributed by atoms with Crippen LogP contribution in [0.5, 0.6) is 11.5 Å². The Bertz CT molecular complexity index is 933. The molecule has 5 nitrogen and oxygen atoms in total. The molecule has 0 aliphatic rings. The Morgan fingerprint density at radius 3 is 2.38 bits per heavy atom. The third kappa shape index (κ3) is 4.39. The molecular weight excluding hydrogens is 328 g/mol. The second-order valence-electron chi connectivity index (χ2n) is 5.76. The summed E-state index contributed by atoms with van der Waals surface area (Å²) in [4.78, 5) is 12.0. The van der Waals surface area contributed by atoms with Crippen molar-refractivity contribution in [2.24, 2.45) is 5.10 Å². The summed E-state index contributed by atoms with van der Waals surface area (Å²) in [5.41, 5.74) is 4.11. The summed E-state index contributed by atoms with van der Waals surface area (Å²) in [7, 11) is 1.62. The summed E-state index contributed by atoms with van der Waals surface area (Å²) in [6, 6.07) is 21.2. The minimum Gasteiger partial charge on any atom is -0.497 e. The number of nitrogens with one attached hydrogen (secondary N) is 1. The SMILES string of the molecule is COc1ccc(C(C)=NNC(=O)COc2ccc3ccccc3c2)cc1. The van der Waals surface area contributed by atoms with Crippen molar-refractivity contribution in [2.45, 2.75) is 6.92 Å². The molecule has 3 aromatic rings. The van der Waals surface area contributed by atoms with Crippen molar-refractivity contribution >= 4 is 22.4 Å². The number of ether oxygens (including phenoxy) is 2. The maximum atomic E-state index is 12.0. The van der Waals surface area contributed by atoms with E-state index >= 15 is 0 Å². The molecule has 0 bridgehead atoms. The number of fused-ring (bicyclic) bond motifs is 1. The molecule has 0 atom stereocenters. The van der Waals surface area contributed by atoms with E-state index in [1.807, 2.05) is 73.7 Å². The number of nitrogens with zero attached hydrogens (tertiary/aromatic N) is 1. The molecule has 0 fully saturated rings. The molecule has 3 aromatic carbocycles. The number of hydrogen-bond donors (Lipinski definition) is 1. The Balaban J connectivity index is 1.55. The van der Waals surface area contributed by atoms with Crippen molar-refractivity contribution in [2.75, 3.05) is 13.7 Å². The van der Waals surface area contributed by atoms with Gasteiger partial charge in [0.1, 0.15) is 11.5 Å². The number of hydrazone groups is 1. The summed E-state index contributed by atoms with van der Waals surface area (Å²) in [5.74, 6) is 1.11. The first kappa shape index (κ1) is 17.5. The molecule has 0 heterocycles. The number of methoxy groups -OCH3 is 1. The van der Waals surface area contributed by atoms with Gasteiger partial charge in [-0.2, -0.15) is 5.10 Å². The number of carbonyl (C=O) groups is 1. The van der Waals surface area contributed by atoms with Crippen LogP contribution in [0.4, 0.5) is 0 Å². The monoisotopic (exact) mass is 348 g/mol. The second kappa shape index (κ2) is 8.16. The van der Waals surface area contributed by atoms with Gasteiger partial charge in [-0.25, -0.2) is 5.43 Å². The first-order chi connectivity index (χ1) is 12.7. The Labute approximate surface area is 152 Å². The van der Waals surface area contributed by atoms with Crippen molar-refractivity contribution < 1.29 is 14.3 Å². The van der Waals surface area contributed by atoms with Crippen LogP contribution in [0.2, 0.25) is 0 Å². The van der Waals surface area contributed by atoms with Crippen LogP contribution in [0.25, 0.3) is 10.8 Å². The summed E-state index contributed by atoms with van der Waals surface area (Å²) >= 11 is 0. The Morgan fingerprint density at radius 1 is 0.962 bits per heavy atom. The minimum absolute atomic E-state index is 0.0995. The lowest BCUT2D eigenvalue weighted by Gasteiger charge is -2.07. The summed E-state index contributed by atoms with van der Waals surface area (Å²) in [5, 5.41) is 6.31. The normalized spacial score (nSPS) is 11.2. The van der Waals surface area contributed by atoms with E-state index in [9.17, 15) is 4.79 Å². The van der Waals surface area contributed by atoms with E-state index in [2.05, 4.69) is 10.5 Å². The molecular formula is C21H20N2O3. The topological polar surface area (TPSA) is 59.9 Å². The zero-order valence-corrected chi connectivity index (χ0v) is 14.7. The molecule has 1 amide bonds. The Kier molecular flexibility index (Phi) is 5.49. The zero-order valence-electron chi connectivity index (χ0n) is 14.7. The molecule has 0 saturated heterocycles. The van der Waals surface area contributed by atoms with Crippen LogP contribution in [0, 0.1) is 0 Å². The van der Waals surface area contributed by atoms with Crippen LogP contribution in [0.15, 0.2) is 71.8 Å². The van der Waals surface area contributed by atoms with Crippen molar-refractivity contribution in [1.29, 1.82) is 0 Å². The van der Waals surface area contributed by atoms with E-state index in [-0.39, 0.29) is 12.5 Å². The van der Waals surface area contributed by atoms with Gasteiger partial charge in [-0.05, 0) is 59.7 Å². The zero-order chi connectivity index (χ0) is 18.4. The average Bonchev–Trinajstić information content (AvgIpc) is 2.70. The lowest BCUT2D eigenvalue weighted by molar-refractivity contribution is -0.123. The lowest BCUT2D eigenvalue weighted by atomic mass is 10.1. The van der Waals surface area contributed by atoms with E-state index in [1.54, 1.807) is 7.11 Å². The molecule has 0 saturated carbocycles. The van der Waals surface area contributed by atoms with Gasteiger partial charge in [0.05, 0.1) is 12.8 Å². The minimum atomic E-state index is -0.314. The Hall–Kier alpha value is -3.34. The highest BCUT2D eigenvalue weighted by atomic mass is 16.5. The van der Waals surface area contributed by atoms with Gasteiger partial charge in [0.15, 0.2) is 6.61 Å². The largest absolute Gasteiger partial charge is 0.497 e. The van der Waals surface area contributed by atoms with Gasteiger partial charge in [-0.3, -0.25) is 4.79 Å². The predicted octanol–water partition coefficient (Wildman–Crippen LogP) is 3.77. The van der Waals surface area contributed by atoms with Gasteiger partial charge in [0.2, 0.25) is 0 Å². The molecule has 5 heteroatoms. The first-order valence-corrected chi connectivity index (χ1v) is 8.25. The standard InChI is InChI=1S/C21H20N2O3/c1-15(16-7-10-19(25-2)11-8-16)22-23-21(24)14-26-20-12-9-17-5-3-4-6-18(17)13-20/h3-13H,14H2,1-2H3,(H,23,24). The molecule has 26 heavy (non-hydrogen) atoms. The molecule has 0 aliphatic carbocycles. The molecule has 132 valence electrons. The number of carbonyl (C=O) groups excluding carboxylic acids is 1. The molecule has 0 spiro atoms. The number of benzene rings is 3. The van der Waals surface area contributed by atoms with Gasteiger partial charge >= 0.3 is 0 Å². The molecule has 1 N–H and O–H groups in total. The summed E-state index contributed by atoms with van der Waals surface area (Å²) in [6.07, 6.45) is 0. The van der Waals surface area contributed by atoms with E-state index < -0.39 is 0 Å². The fourth-order valence-corrected chi connectivity index (χ4v) is 2.48. The Morgan fingerprint density at radius 2 is 1.65 bits per heavy atom. The molecule has 0 aromatic heterocycles. The smallest absolute Gasteiger partial charge is 0.277 e. The molecule has 0 radical (unpaired) electrons. The van der Waals surface area contributed by atoms with Crippen LogP contribution in [0.1, 0.15) is 12.5 Å². The van der Waals surface area contributed by atoms with Crippen LogP contribution >= 0.6 is 0 Å². The van der Waals surface area contributed by atoms with E-state index in [0.29, 0.717) is 11.5 Å². The van der Waals surface area contributed by atoms with Gasteiger partial charge < -0.3 is 9.47 Å². The van der Waals surface area contributed by atoms with Crippen LogP contribution in [-0.2, 0) is 4.79 Å². The number of hydrogen-bond acceptors (Lipinski definition) is 4. The van der Waals surface area contributed by atoms with Gasteiger partial charge in [-0.1, -0.05) is 30.3 Å². The quantitative estimate of drug-likeness (QED) is 0.545. The maximum Gasteiger partial charge on any atom is 0.277 e. The van der Waals surface area contributed by atoms with Crippen molar-refractivity contribution in [3.8, 4) is 11.5 Å². The highest BCUT2D eigenvalue weighted by Gasteiger charge is 2.04. The fourth-order valence-electron chi connectivity index (χ4n) is 2.48. The molecule has 3 rings (SSSR count). The van der Waals surface area contributed by atoms with Crippen molar-refractivity contribution in [3.05, 3.63) is 72.3 Å². The lowest BCUT2D eigenvalue weighted by Crippen LogP contribution is -2.25. The van der Waals surface area contributed by atoms with Crippen LogP contribution < -0.4 is 14.9 Å². The summed E-state index contributed by atoms with van der Waals surface area (Å²) in [6.45, 7) is 1.73. The van der Waals surface area contributed by atoms with E-state index in [0.717, 1.165) is 22.1 Å². The van der Waals surface area contributed by atoms with E-state index in [4.69, 9.17) is 9.47 Å². The highest BCUT2D eigenvalue weighted by molar-refractivity contribution is 5.99. The fraction of sp³-hybridized carbons (Fsp3) is 0.143. The maximum absolute atomic E-state index is 12.0. The molecule has 0 unspecified atom stereocenters. The van der Waals surface area contributed by atoms with Crippen LogP contribution in [0.3, 0.4) is 0 Å². The van der Waals surface area contributed by atoms with Gasteiger partial charge in [-0.15, -0.1) is 0 Å². The number of rotatable bonds is 6. The van der Waals surface area contributed by atoms with Crippen molar-refractivity contribution in [1.82, 2.24) is 5.43 Å². The summed E-state index contributed by atoms with van der Waals surface area (Å²) < 4.78 is 10.7. The van der Waals surface area contributed by atoms with Gasteiger partial charge in [0.25, 0.3) is 5.91 Å². The average molecular weight is 348 g/mol.